The summed E-state index contributed by atoms with van der Waals surface area (Å²) in [5, 5.41) is 0. The van der Waals surface area contributed by atoms with Crippen molar-refractivity contribution in [1.82, 2.24) is 9.80 Å². The fraction of sp³-hybridized carbons (Fsp3) is 0.619. The van der Waals surface area contributed by atoms with Crippen LogP contribution in [0.4, 0.5) is 0 Å². The predicted octanol–water partition coefficient (Wildman–Crippen LogP) is 3.08. The summed E-state index contributed by atoms with van der Waals surface area (Å²) in [6.07, 6.45) is 1.23. The monoisotopic (exact) mass is 360 g/mol. The number of hydrogen-bond acceptors (Lipinski definition) is 3. The van der Waals surface area contributed by atoms with E-state index in [0.717, 1.165) is 29.8 Å². The van der Waals surface area contributed by atoms with E-state index in [0.29, 0.717) is 32.0 Å². The topological polar surface area (TPSA) is 49.9 Å². The highest BCUT2D eigenvalue weighted by Crippen LogP contribution is 2.27. The molecule has 1 aliphatic heterocycles. The first kappa shape index (κ1) is 20.3. The predicted molar refractivity (Wildman–Crippen MR) is 103 cm³/mol. The van der Waals surface area contributed by atoms with Crippen LogP contribution in [0.25, 0.3) is 0 Å². The number of nitrogens with zero attached hydrogens (tertiary/aromatic N) is 2. The Bertz CT molecular complexity index is 640. The molecule has 2 amide bonds. The lowest BCUT2D eigenvalue weighted by atomic mass is 9.98. The molecule has 5 nitrogen and oxygen atoms in total. The molecule has 0 aromatic heterocycles. The van der Waals surface area contributed by atoms with Gasteiger partial charge in [0.15, 0.2) is 0 Å². The van der Waals surface area contributed by atoms with Crippen LogP contribution in [-0.2, 0) is 16.0 Å². The van der Waals surface area contributed by atoms with Crippen molar-refractivity contribution in [2.24, 2.45) is 5.92 Å². The smallest absolute Gasteiger partial charge is 0.227 e. The summed E-state index contributed by atoms with van der Waals surface area (Å²) < 4.78 is 5.42. The molecule has 1 aromatic rings. The van der Waals surface area contributed by atoms with E-state index in [1.807, 2.05) is 35.8 Å². The molecule has 26 heavy (non-hydrogen) atoms. The van der Waals surface area contributed by atoms with Crippen molar-refractivity contribution in [1.29, 1.82) is 0 Å². The quantitative estimate of drug-likeness (QED) is 0.811. The molecule has 5 heteroatoms. The summed E-state index contributed by atoms with van der Waals surface area (Å²) in [5.74, 6) is 1.52. The van der Waals surface area contributed by atoms with Gasteiger partial charge >= 0.3 is 0 Å². The molecule has 0 aliphatic carbocycles. The van der Waals surface area contributed by atoms with Crippen molar-refractivity contribution in [3.8, 4) is 5.75 Å². The van der Waals surface area contributed by atoms with Crippen molar-refractivity contribution in [2.45, 2.75) is 46.5 Å². The molecule has 0 unspecified atom stereocenters. The minimum atomic E-state index is 0.00556. The van der Waals surface area contributed by atoms with Crippen molar-refractivity contribution in [2.75, 3.05) is 33.3 Å². The van der Waals surface area contributed by atoms with Crippen molar-refractivity contribution in [3.05, 3.63) is 29.3 Å². The number of rotatable bonds is 5. The SMILES string of the molecule is COc1ccc(CC(=O)N2CCCN(C(=O)C(C)C)CC2)cc1C(C)C. The zero-order valence-electron chi connectivity index (χ0n) is 16.7. The highest BCUT2D eigenvalue weighted by molar-refractivity contribution is 5.80. The van der Waals surface area contributed by atoms with E-state index >= 15 is 0 Å². The van der Waals surface area contributed by atoms with Crippen LogP contribution in [0.3, 0.4) is 0 Å². The molecule has 0 N–H and O–H groups in total. The van der Waals surface area contributed by atoms with Gasteiger partial charge in [-0.1, -0.05) is 39.8 Å². The molecular weight excluding hydrogens is 328 g/mol. The Morgan fingerprint density at radius 3 is 2.31 bits per heavy atom. The number of hydrogen-bond donors (Lipinski definition) is 0. The van der Waals surface area contributed by atoms with E-state index in [2.05, 4.69) is 19.9 Å². The number of methoxy groups -OCH3 is 1. The second-order valence-electron chi connectivity index (χ2n) is 7.62. The molecule has 0 bridgehead atoms. The van der Waals surface area contributed by atoms with Gasteiger partial charge in [0.05, 0.1) is 13.5 Å². The maximum atomic E-state index is 12.8. The van der Waals surface area contributed by atoms with Crippen LogP contribution in [-0.4, -0.2) is 54.9 Å². The number of carbonyl (C=O) groups excluding carboxylic acids is 2. The first-order chi connectivity index (χ1) is 12.3. The van der Waals surface area contributed by atoms with E-state index in [9.17, 15) is 9.59 Å². The van der Waals surface area contributed by atoms with Gasteiger partial charge in [-0.3, -0.25) is 9.59 Å². The minimum absolute atomic E-state index is 0.00556. The summed E-state index contributed by atoms with van der Waals surface area (Å²) >= 11 is 0. The molecule has 1 fully saturated rings. The van der Waals surface area contributed by atoms with Gasteiger partial charge in [-0.15, -0.1) is 0 Å². The van der Waals surface area contributed by atoms with Gasteiger partial charge in [0, 0.05) is 32.1 Å². The lowest BCUT2D eigenvalue weighted by Gasteiger charge is -2.23. The van der Waals surface area contributed by atoms with Gasteiger partial charge in [-0.2, -0.15) is 0 Å². The van der Waals surface area contributed by atoms with Crippen LogP contribution in [0.15, 0.2) is 18.2 Å². The highest BCUT2D eigenvalue weighted by Gasteiger charge is 2.23. The third-order valence-corrected chi connectivity index (χ3v) is 4.93. The highest BCUT2D eigenvalue weighted by atomic mass is 16.5. The molecule has 144 valence electrons. The third kappa shape index (κ3) is 4.99. The molecule has 0 radical (unpaired) electrons. The summed E-state index contributed by atoms with van der Waals surface area (Å²) in [6.45, 7) is 10.8. The van der Waals surface area contributed by atoms with Gasteiger partial charge in [-0.05, 0) is 29.5 Å². The summed E-state index contributed by atoms with van der Waals surface area (Å²) in [5.41, 5.74) is 2.14. The van der Waals surface area contributed by atoms with Gasteiger partial charge in [0.2, 0.25) is 11.8 Å². The Kier molecular flexibility index (Phi) is 7.06. The van der Waals surface area contributed by atoms with Gasteiger partial charge < -0.3 is 14.5 Å². The molecule has 1 aromatic carbocycles. The van der Waals surface area contributed by atoms with E-state index in [-0.39, 0.29) is 17.7 Å². The second-order valence-corrected chi connectivity index (χ2v) is 7.62. The van der Waals surface area contributed by atoms with Crippen molar-refractivity contribution < 1.29 is 14.3 Å². The van der Waals surface area contributed by atoms with E-state index in [1.54, 1.807) is 7.11 Å². The van der Waals surface area contributed by atoms with Crippen LogP contribution in [0, 0.1) is 5.92 Å². The van der Waals surface area contributed by atoms with Crippen molar-refractivity contribution >= 4 is 11.8 Å². The second kappa shape index (κ2) is 9.06. The zero-order chi connectivity index (χ0) is 19.3. The van der Waals surface area contributed by atoms with Crippen molar-refractivity contribution in [3.63, 3.8) is 0 Å². The fourth-order valence-electron chi connectivity index (χ4n) is 3.38. The van der Waals surface area contributed by atoms with E-state index in [4.69, 9.17) is 4.74 Å². The molecule has 2 rings (SSSR count). The Balaban J connectivity index is 2.02. The Labute approximate surface area is 157 Å². The lowest BCUT2D eigenvalue weighted by Crippen LogP contribution is -2.39. The molecule has 1 aliphatic rings. The first-order valence-corrected chi connectivity index (χ1v) is 9.56. The molecule has 1 heterocycles. The maximum Gasteiger partial charge on any atom is 0.227 e. The molecule has 0 saturated carbocycles. The maximum absolute atomic E-state index is 12.8. The standard InChI is InChI=1S/C21H32N2O3/c1-15(2)18-13-17(7-8-19(18)26-5)14-20(24)22-9-6-10-23(12-11-22)21(25)16(3)4/h7-8,13,15-16H,6,9-12,14H2,1-5H3. The first-order valence-electron chi connectivity index (χ1n) is 9.56. The average molecular weight is 360 g/mol. The molecular formula is C21H32N2O3. The number of carbonyl (C=O) groups is 2. The van der Waals surface area contributed by atoms with Crippen LogP contribution in [0.2, 0.25) is 0 Å². The fourth-order valence-corrected chi connectivity index (χ4v) is 3.38. The summed E-state index contributed by atoms with van der Waals surface area (Å²) in [6, 6.07) is 5.99. The summed E-state index contributed by atoms with van der Waals surface area (Å²) in [4.78, 5) is 28.7. The molecule has 0 atom stereocenters. The van der Waals surface area contributed by atoms with Crippen LogP contribution in [0.1, 0.15) is 51.2 Å². The number of ether oxygens (including phenoxy) is 1. The van der Waals surface area contributed by atoms with Crippen LogP contribution < -0.4 is 4.74 Å². The van der Waals surface area contributed by atoms with Gasteiger partial charge in [-0.25, -0.2) is 0 Å². The zero-order valence-corrected chi connectivity index (χ0v) is 16.7. The Morgan fingerprint density at radius 2 is 1.69 bits per heavy atom. The van der Waals surface area contributed by atoms with Crippen LogP contribution >= 0.6 is 0 Å². The number of benzene rings is 1. The minimum Gasteiger partial charge on any atom is -0.496 e. The average Bonchev–Trinajstić information content (AvgIpc) is 2.87. The molecule has 1 saturated heterocycles. The number of amides is 2. The van der Waals surface area contributed by atoms with E-state index < -0.39 is 0 Å². The Hall–Kier alpha value is -2.04. The Morgan fingerprint density at radius 1 is 1.04 bits per heavy atom. The van der Waals surface area contributed by atoms with Gasteiger partial charge in [0.25, 0.3) is 0 Å². The summed E-state index contributed by atoms with van der Waals surface area (Å²) in [7, 11) is 1.67. The lowest BCUT2D eigenvalue weighted by molar-refractivity contribution is -0.135. The van der Waals surface area contributed by atoms with E-state index in [1.165, 1.54) is 0 Å². The van der Waals surface area contributed by atoms with Crippen LogP contribution in [0.5, 0.6) is 5.75 Å². The van der Waals surface area contributed by atoms with Gasteiger partial charge in [0.1, 0.15) is 5.75 Å². The normalized spacial score (nSPS) is 15.3. The largest absolute Gasteiger partial charge is 0.496 e. The third-order valence-electron chi connectivity index (χ3n) is 4.93. The molecule has 0 spiro atoms.